The molecule has 9 heteroatoms. The van der Waals surface area contributed by atoms with Gasteiger partial charge in [0, 0.05) is 27.0 Å². The Labute approximate surface area is 194 Å². The molecule has 0 saturated carbocycles. The van der Waals surface area contributed by atoms with Crippen molar-refractivity contribution in [1.29, 1.82) is 0 Å². The smallest absolute Gasteiger partial charge is 0.277 e. The van der Waals surface area contributed by atoms with Gasteiger partial charge >= 0.3 is 0 Å². The number of hydrazone groups is 1. The normalized spacial score (nSPS) is 11.1. The number of halogens is 4. The van der Waals surface area contributed by atoms with Crippen molar-refractivity contribution in [3.63, 3.8) is 0 Å². The minimum Gasteiger partial charge on any atom is -0.482 e. The molecule has 3 aromatic rings. The van der Waals surface area contributed by atoms with Crippen LogP contribution in [0.15, 0.2) is 47.6 Å². The van der Waals surface area contributed by atoms with Gasteiger partial charge in [-0.05, 0) is 56.3 Å². The number of carbonyl (C=O) groups is 1. The number of carbonyl (C=O) groups excluding carboxylic acids is 1. The molecular formula is C21H17Cl4N3O2. The van der Waals surface area contributed by atoms with Crippen LogP contribution in [0.4, 0.5) is 0 Å². The average molecular weight is 485 g/mol. The average Bonchev–Trinajstić information content (AvgIpc) is 2.95. The molecule has 0 aliphatic rings. The summed E-state index contributed by atoms with van der Waals surface area (Å²) in [6.45, 7) is 3.66. The lowest BCUT2D eigenvalue weighted by atomic mass is 10.2. The summed E-state index contributed by atoms with van der Waals surface area (Å²) in [5.74, 6) is -0.0598. The first-order valence-electron chi connectivity index (χ1n) is 8.80. The summed E-state index contributed by atoms with van der Waals surface area (Å²) in [6, 6.07) is 12.0. The van der Waals surface area contributed by atoms with Gasteiger partial charge in [0.1, 0.15) is 5.75 Å². The van der Waals surface area contributed by atoms with Crippen molar-refractivity contribution >= 4 is 58.5 Å². The van der Waals surface area contributed by atoms with Gasteiger partial charge in [0.15, 0.2) is 6.61 Å². The molecule has 1 aromatic heterocycles. The number of hydrogen-bond acceptors (Lipinski definition) is 3. The first-order chi connectivity index (χ1) is 14.3. The van der Waals surface area contributed by atoms with Crippen LogP contribution in [0, 0.1) is 13.8 Å². The zero-order chi connectivity index (χ0) is 21.8. The Bertz CT molecular complexity index is 1130. The molecule has 0 fully saturated rings. The van der Waals surface area contributed by atoms with Gasteiger partial charge in [-0.3, -0.25) is 4.79 Å². The Morgan fingerprint density at radius 3 is 2.37 bits per heavy atom. The highest BCUT2D eigenvalue weighted by atomic mass is 35.5. The molecular weight excluding hydrogens is 468 g/mol. The van der Waals surface area contributed by atoms with Crippen LogP contribution in [0.1, 0.15) is 17.0 Å². The minimum absolute atomic E-state index is 0.238. The molecule has 0 aliphatic carbocycles. The molecule has 3 rings (SSSR count). The van der Waals surface area contributed by atoms with E-state index in [1.165, 1.54) is 6.07 Å². The predicted molar refractivity (Wildman–Crippen MR) is 123 cm³/mol. The van der Waals surface area contributed by atoms with E-state index >= 15 is 0 Å². The number of aryl methyl sites for hydroxylation is 1. The van der Waals surface area contributed by atoms with Gasteiger partial charge < -0.3 is 9.30 Å². The van der Waals surface area contributed by atoms with E-state index in [1.807, 2.05) is 30.5 Å². The molecule has 0 spiro atoms. The van der Waals surface area contributed by atoms with E-state index in [1.54, 1.807) is 30.5 Å². The van der Waals surface area contributed by atoms with Crippen LogP contribution >= 0.6 is 46.4 Å². The molecule has 30 heavy (non-hydrogen) atoms. The van der Waals surface area contributed by atoms with Crippen LogP contribution in [0.5, 0.6) is 5.75 Å². The fraction of sp³-hybridized carbons (Fsp3) is 0.143. The Kier molecular flexibility index (Phi) is 7.32. The van der Waals surface area contributed by atoms with E-state index in [2.05, 4.69) is 10.5 Å². The molecule has 0 aliphatic heterocycles. The Balaban J connectivity index is 1.66. The lowest BCUT2D eigenvalue weighted by Crippen LogP contribution is -2.24. The lowest BCUT2D eigenvalue weighted by Gasteiger charge is -2.11. The fourth-order valence-electron chi connectivity index (χ4n) is 2.89. The molecule has 5 nitrogen and oxygen atoms in total. The van der Waals surface area contributed by atoms with Crippen molar-refractivity contribution in [3.05, 3.63) is 79.5 Å². The molecule has 1 heterocycles. The zero-order valence-corrected chi connectivity index (χ0v) is 19.1. The van der Waals surface area contributed by atoms with Crippen molar-refractivity contribution in [3.8, 4) is 11.4 Å². The number of hydrogen-bond donors (Lipinski definition) is 1. The van der Waals surface area contributed by atoms with Crippen molar-refractivity contribution in [2.24, 2.45) is 5.10 Å². The summed E-state index contributed by atoms with van der Waals surface area (Å²) in [6.07, 6.45) is 1.57. The molecule has 0 bridgehead atoms. The van der Waals surface area contributed by atoms with E-state index in [4.69, 9.17) is 51.1 Å². The third-order valence-corrected chi connectivity index (χ3v) is 5.33. The largest absolute Gasteiger partial charge is 0.482 e. The molecule has 1 N–H and O–H groups in total. The maximum Gasteiger partial charge on any atom is 0.277 e. The number of amides is 1. The van der Waals surface area contributed by atoms with Crippen LogP contribution in [0.3, 0.4) is 0 Å². The Morgan fingerprint density at radius 2 is 1.70 bits per heavy atom. The van der Waals surface area contributed by atoms with E-state index in [0.717, 1.165) is 22.6 Å². The van der Waals surface area contributed by atoms with Crippen LogP contribution in [-0.4, -0.2) is 23.3 Å². The van der Waals surface area contributed by atoms with Gasteiger partial charge in [-0.25, -0.2) is 5.43 Å². The molecule has 0 atom stereocenters. The summed E-state index contributed by atoms with van der Waals surface area (Å²) in [5.41, 5.74) is 5.96. The standard InChI is InChI=1S/C21H17Cl4N3O2/c1-12-7-14(13(2)28(12)19-5-3-15(22)8-17(19)24)10-26-27-21(29)11-30-20-6-4-16(23)9-18(20)25/h3-10H,11H2,1-2H3,(H,27,29)/b26-10+. The van der Waals surface area contributed by atoms with Gasteiger partial charge in [-0.1, -0.05) is 46.4 Å². The zero-order valence-electron chi connectivity index (χ0n) is 16.0. The lowest BCUT2D eigenvalue weighted by molar-refractivity contribution is -0.123. The monoisotopic (exact) mass is 483 g/mol. The maximum atomic E-state index is 12.0. The highest BCUT2D eigenvalue weighted by molar-refractivity contribution is 6.36. The highest BCUT2D eigenvalue weighted by Crippen LogP contribution is 2.29. The first kappa shape index (κ1) is 22.5. The summed E-state index contributed by atoms with van der Waals surface area (Å²) >= 11 is 24.2. The predicted octanol–water partition coefficient (Wildman–Crippen LogP) is 6.24. The second-order valence-corrected chi connectivity index (χ2v) is 8.10. The summed E-state index contributed by atoms with van der Waals surface area (Å²) in [7, 11) is 0. The number of rotatable bonds is 6. The molecule has 0 saturated heterocycles. The quantitative estimate of drug-likeness (QED) is 0.332. The second-order valence-electron chi connectivity index (χ2n) is 6.41. The van der Waals surface area contributed by atoms with Crippen LogP contribution < -0.4 is 10.2 Å². The Hall–Kier alpha value is -2.18. The van der Waals surface area contributed by atoms with Crippen molar-refractivity contribution < 1.29 is 9.53 Å². The molecule has 156 valence electrons. The summed E-state index contributed by atoms with van der Waals surface area (Å²) in [5, 5.41) is 5.93. The topological polar surface area (TPSA) is 55.6 Å². The molecule has 0 unspecified atom stereocenters. The number of aromatic nitrogens is 1. The van der Waals surface area contributed by atoms with Crippen LogP contribution in [0.25, 0.3) is 5.69 Å². The van der Waals surface area contributed by atoms with Crippen LogP contribution in [0.2, 0.25) is 20.1 Å². The number of nitrogens with one attached hydrogen (secondary N) is 1. The fourth-order valence-corrected chi connectivity index (χ4v) is 3.85. The van der Waals surface area contributed by atoms with Gasteiger partial charge in [0.2, 0.25) is 0 Å². The van der Waals surface area contributed by atoms with Gasteiger partial charge in [-0.2, -0.15) is 5.10 Å². The first-order valence-corrected chi connectivity index (χ1v) is 10.3. The molecule has 0 radical (unpaired) electrons. The van der Waals surface area contributed by atoms with Gasteiger partial charge in [-0.15, -0.1) is 0 Å². The second kappa shape index (κ2) is 9.75. The van der Waals surface area contributed by atoms with E-state index in [9.17, 15) is 4.79 Å². The molecule has 1 amide bonds. The van der Waals surface area contributed by atoms with Gasteiger partial charge in [0.25, 0.3) is 5.91 Å². The third kappa shape index (κ3) is 5.29. The maximum absolute atomic E-state index is 12.0. The molecule has 2 aromatic carbocycles. The van der Waals surface area contributed by atoms with Crippen molar-refractivity contribution in [2.75, 3.05) is 6.61 Å². The third-order valence-electron chi connectivity index (χ3n) is 4.27. The summed E-state index contributed by atoms with van der Waals surface area (Å²) < 4.78 is 7.37. The number of ether oxygens (including phenoxy) is 1. The minimum atomic E-state index is -0.424. The van der Waals surface area contributed by atoms with E-state index in [-0.39, 0.29) is 6.61 Å². The summed E-state index contributed by atoms with van der Waals surface area (Å²) in [4.78, 5) is 12.0. The SMILES string of the molecule is Cc1cc(/C=N/NC(=O)COc2ccc(Cl)cc2Cl)c(C)n1-c1ccc(Cl)cc1Cl. The van der Waals surface area contributed by atoms with Crippen molar-refractivity contribution in [2.45, 2.75) is 13.8 Å². The highest BCUT2D eigenvalue weighted by Gasteiger charge is 2.12. The number of nitrogens with zero attached hydrogens (tertiary/aromatic N) is 2. The Morgan fingerprint density at radius 1 is 1.03 bits per heavy atom. The van der Waals surface area contributed by atoms with Gasteiger partial charge in [0.05, 0.1) is 21.9 Å². The van der Waals surface area contributed by atoms with Crippen molar-refractivity contribution in [1.82, 2.24) is 9.99 Å². The van der Waals surface area contributed by atoms with E-state index < -0.39 is 5.91 Å². The number of benzene rings is 2. The van der Waals surface area contributed by atoms with E-state index in [0.29, 0.717) is 25.8 Å². The van der Waals surface area contributed by atoms with Crippen LogP contribution in [-0.2, 0) is 4.79 Å².